The van der Waals surface area contributed by atoms with Crippen LogP contribution in [-0.4, -0.2) is 48.4 Å². The predicted molar refractivity (Wildman–Crippen MR) is 81.3 cm³/mol. The normalized spacial score (nSPS) is 12.7. The van der Waals surface area contributed by atoms with Gasteiger partial charge in [0.15, 0.2) is 6.04 Å². The summed E-state index contributed by atoms with van der Waals surface area (Å²) in [5, 5.41) is 4.34. The van der Waals surface area contributed by atoms with Gasteiger partial charge in [0.05, 0.1) is 12.8 Å². The van der Waals surface area contributed by atoms with Crippen molar-refractivity contribution in [2.24, 2.45) is 5.92 Å². The SMILES string of the molecule is COC(=O)C(CC(C)C)n1nc(CCN(C)C)ccc1=O. The third-order valence-electron chi connectivity index (χ3n) is 3.16. The molecule has 0 aromatic carbocycles. The number of hydrogen-bond acceptors (Lipinski definition) is 5. The van der Waals surface area contributed by atoms with Crippen LogP contribution in [0.15, 0.2) is 16.9 Å². The molecule has 1 atom stereocenters. The van der Waals surface area contributed by atoms with Gasteiger partial charge in [-0.05, 0) is 32.5 Å². The molecule has 0 amide bonds. The highest BCUT2D eigenvalue weighted by Crippen LogP contribution is 2.16. The molecule has 0 bridgehead atoms. The van der Waals surface area contributed by atoms with Crippen molar-refractivity contribution in [3.8, 4) is 0 Å². The standard InChI is InChI=1S/C15H25N3O3/c1-11(2)10-13(15(20)21-5)18-14(19)7-6-12(16-18)8-9-17(3)4/h6-7,11,13H,8-10H2,1-5H3. The topological polar surface area (TPSA) is 64.4 Å². The lowest BCUT2D eigenvalue weighted by Crippen LogP contribution is -2.34. The summed E-state index contributed by atoms with van der Waals surface area (Å²) in [6.45, 7) is 4.83. The molecule has 0 saturated heterocycles. The van der Waals surface area contributed by atoms with E-state index in [2.05, 4.69) is 5.10 Å². The molecule has 0 saturated carbocycles. The van der Waals surface area contributed by atoms with Gasteiger partial charge < -0.3 is 9.64 Å². The van der Waals surface area contributed by atoms with Crippen molar-refractivity contribution in [2.75, 3.05) is 27.7 Å². The summed E-state index contributed by atoms with van der Waals surface area (Å²) < 4.78 is 6.07. The Morgan fingerprint density at radius 2 is 2.05 bits per heavy atom. The first-order valence-electron chi connectivity index (χ1n) is 7.16. The maximum absolute atomic E-state index is 12.0. The van der Waals surface area contributed by atoms with Gasteiger partial charge in [0.25, 0.3) is 5.56 Å². The summed E-state index contributed by atoms with van der Waals surface area (Å²) in [5.74, 6) is -0.170. The first kappa shape index (κ1) is 17.4. The Hall–Kier alpha value is -1.69. The third-order valence-corrected chi connectivity index (χ3v) is 3.16. The molecule has 0 aliphatic carbocycles. The number of nitrogens with zero attached hydrogens (tertiary/aromatic N) is 3. The van der Waals surface area contributed by atoms with Crippen molar-refractivity contribution >= 4 is 5.97 Å². The van der Waals surface area contributed by atoms with Crippen LogP contribution in [0.3, 0.4) is 0 Å². The second kappa shape index (κ2) is 7.93. The van der Waals surface area contributed by atoms with Crippen molar-refractivity contribution < 1.29 is 9.53 Å². The molecule has 6 nitrogen and oxygen atoms in total. The van der Waals surface area contributed by atoms with Gasteiger partial charge in [0.2, 0.25) is 0 Å². The van der Waals surface area contributed by atoms with Gasteiger partial charge in [-0.15, -0.1) is 0 Å². The van der Waals surface area contributed by atoms with E-state index in [4.69, 9.17) is 4.74 Å². The number of rotatable bonds is 7. The highest BCUT2D eigenvalue weighted by molar-refractivity contribution is 5.73. The fourth-order valence-corrected chi connectivity index (χ4v) is 2.04. The molecule has 0 aliphatic rings. The highest BCUT2D eigenvalue weighted by Gasteiger charge is 2.24. The van der Waals surface area contributed by atoms with Gasteiger partial charge in [-0.3, -0.25) is 4.79 Å². The molecule has 21 heavy (non-hydrogen) atoms. The number of aromatic nitrogens is 2. The largest absolute Gasteiger partial charge is 0.467 e. The Labute approximate surface area is 125 Å². The van der Waals surface area contributed by atoms with Crippen LogP contribution >= 0.6 is 0 Å². The second-order valence-corrected chi connectivity index (χ2v) is 5.83. The van der Waals surface area contributed by atoms with Crippen LogP contribution in [0.2, 0.25) is 0 Å². The Balaban J connectivity index is 3.08. The smallest absolute Gasteiger partial charge is 0.330 e. The number of hydrogen-bond donors (Lipinski definition) is 0. The van der Waals surface area contributed by atoms with Crippen molar-refractivity contribution in [2.45, 2.75) is 32.7 Å². The summed E-state index contributed by atoms with van der Waals surface area (Å²) in [7, 11) is 5.29. The van der Waals surface area contributed by atoms with Crippen LogP contribution < -0.4 is 5.56 Å². The number of carbonyl (C=O) groups is 1. The van der Waals surface area contributed by atoms with Crippen LogP contribution in [0.25, 0.3) is 0 Å². The molecule has 118 valence electrons. The molecule has 1 rings (SSSR count). The van der Waals surface area contributed by atoms with Crippen molar-refractivity contribution in [3.63, 3.8) is 0 Å². The highest BCUT2D eigenvalue weighted by atomic mass is 16.5. The molecule has 0 fully saturated rings. The van der Waals surface area contributed by atoms with Gasteiger partial charge in [-0.25, -0.2) is 9.48 Å². The monoisotopic (exact) mass is 295 g/mol. The Morgan fingerprint density at radius 3 is 2.57 bits per heavy atom. The molecule has 1 heterocycles. The summed E-state index contributed by atoms with van der Waals surface area (Å²) in [5.41, 5.74) is 0.514. The molecular weight excluding hydrogens is 270 g/mol. The Kier molecular flexibility index (Phi) is 6.55. The Morgan fingerprint density at radius 1 is 1.38 bits per heavy atom. The van der Waals surface area contributed by atoms with Gasteiger partial charge in [0.1, 0.15) is 0 Å². The van der Waals surface area contributed by atoms with Crippen LogP contribution in [0.5, 0.6) is 0 Å². The van der Waals surface area contributed by atoms with Gasteiger partial charge in [0, 0.05) is 19.0 Å². The molecular formula is C15H25N3O3. The van der Waals surface area contributed by atoms with E-state index in [1.165, 1.54) is 17.9 Å². The predicted octanol–water partition coefficient (Wildman–Crippen LogP) is 1.11. The number of ether oxygens (including phenoxy) is 1. The summed E-state index contributed by atoms with van der Waals surface area (Å²) >= 11 is 0. The van der Waals surface area contributed by atoms with E-state index in [-0.39, 0.29) is 11.5 Å². The lowest BCUT2D eigenvalue weighted by Gasteiger charge is -2.19. The van der Waals surface area contributed by atoms with Crippen molar-refractivity contribution in [3.05, 3.63) is 28.2 Å². The molecule has 1 aromatic heterocycles. The zero-order chi connectivity index (χ0) is 16.0. The maximum atomic E-state index is 12.0. The quantitative estimate of drug-likeness (QED) is 0.705. The van der Waals surface area contributed by atoms with Crippen LogP contribution in [0, 0.1) is 5.92 Å². The Bertz CT molecular complexity index is 523. The maximum Gasteiger partial charge on any atom is 0.330 e. The molecule has 0 spiro atoms. The van der Waals surface area contributed by atoms with Crippen LogP contribution in [0.1, 0.15) is 32.0 Å². The van der Waals surface area contributed by atoms with E-state index in [1.54, 1.807) is 6.07 Å². The second-order valence-electron chi connectivity index (χ2n) is 5.83. The molecule has 1 aromatic rings. The van der Waals surface area contributed by atoms with E-state index in [0.29, 0.717) is 6.42 Å². The molecule has 1 unspecified atom stereocenters. The van der Waals surface area contributed by atoms with E-state index in [0.717, 1.165) is 18.7 Å². The molecule has 0 radical (unpaired) electrons. The van der Waals surface area contributed by atoms with Gasteiger partial charge in [-0.1, -0.05) is 13.8 Å². The van der Waals surface area contributed by atoms with E-state index < -0.39 is 12.0 Å². The average Bonchev–Trinajstić information content (AvgIpc) is 2.43. The fraction of sp³-hybridized carbons (Fsp3) is 0.667. The van der Waals surface area contributed by atoms with Crippen molar-refractivity contribution in [1.29, 1.82) is 0 Å². The first-order valence-corrected chi connectivity index (χ1v) is 7.16. The minimum Gasteiger partial charge on any atom is -0.467 e. The number of esters is 1. The number of likely N-dealkylation sites (N-methyl/N-ethyl adjacent to an activating group) is 1. The van der Waals surface area contributed by atoms with E-state index in [1.807, 2.05) is 32.8 Å². The molecule has 0 aliphatic heterocycles. The van der Waals surface area contributed by atoms with Crippen LogP contribution in [0.4, 0.5) is 0 Å². The first-order chi connectivity index (χ1) is 9.85. The van der Waals surface area contributed by atoms with Crippen LogP contribution in [-0.2, 0) is 16.0 Å². The number of carbonyl (C=O) groups excluding carboxylic acids is 1. The fourth-order valence-electron chi connectivity index (χ4n) is 2.04. The minimum atomic E-state index is -0.665. The third kappa shape index (κ3) is 5.30. The van der Waals surface area contributed by atoms with Gasteiger partial charge >= 0.3 is 5.97 Å². The van der Waals surface area contributed by atoms with E-state index in [9.17, 15) is 9.59 Å². The molecule has 6 heteroatoms. The molecule has 0 N–H and O–H groups in total. The summed E-state index contributed by atoms with van der Waals surface area (Å²) in [6, 6.07) is 2.52. The summed E-state index contributed by atoms with van der Waals surface area (Å²) in [4.78, 5) is 26.0. The van der Waals surface area contributed by atoms with Gasteiger partial charge in [-0.2, -0.15) is 5.10 Å². The minimum absolute atomic E-state index is 0.258. The average molecular weight is 295 g/mol. The van der Waals surface area contributed by atoms with E-state index >= 15 is 0 Å². The summed E-state index contributed by atoms with van der Waals surface area (Å²) in [6.07, 6.45) is 1.25. The van der Waals surface area contributed by atoms with Crippen molar-refractivity contribution in [1.82, 2.24) is 14.7 Å². The zero-order valence-electron chi connectivity index (χ0n) is 13.5. The lowest BCUT2D eigenvalue weighted by atomic mass is 10.0. The zero-order valence-corrected chi connectivity index (χ0v) is 13.5. The number of methoxy groups -OCH3 is 1. The lowest BCUT2D eigenvalue weighted by molar-refractivity contribution is -0.145.